The fourth-order valence-electron chi connectivity index (χ4n) is 10.2. The molecule has 0 spiro atoms. The van der Waals surface area contributed by atoms with Gasteiger partial charge >= 0.3 is 132 Å². The van der Waals surface area contributed by atoms with E-state index < -0.39 is 0 Å². The summed E-state index contributed by atoms with van der Waals surface area (Å²) in [6.45, 7) is 13.2. The van der Waals surface area contributed by atoms with Gasteiger partial charge in [-0.05, 0) is 219 Å². The molecule has 5 N–H and O–H groups in total. The number of amides is 3. The van der Waals surface area contributed by atoms with E-state index in [-0.39, 0.29) is 205 Å². The summed E-state index contributed by atoms with van der Waals surface area (Å²) in [6, 6.07) is 63.0. The zero-order valence-corrected chi connectivity index (χ0v) is 79.5. The molecule has 9 aromatic carbocycles. The molecule has 0 aliphatic carbocycles. The van der Waals surface area contributed by atoms with Gasteiger partial charge in [-0.25, -0.2) is 0 Å². The van der Waals surface area contributed by atoms with Gasteiger partial charge in [0.15, 0.2) is 6.29 Å². The number of halogens is 6. The molecule has 3 radical (unpaired) electrons. The van der Waals surface area contributed by atoms with Crippen LogP contribution in [0.5, 0.6) is 34.5 Å². The van der Waals surface area contributed by atoms with E-state index >= 15 is 0 Å². The summed E-state index contributed by atoms with van der Waals surface area (Å²) in [6.07, 6.45) is 11.0. The Morgan fingerprint density at radius 1 is 0.446 bits per heavy atom. The summed E-state index contributed by atoms with van der Waals surface area (Å²) in [5.41, 5.74) is 10.9. The second-order valence-electron chi connectivity index (χ2n) is 24.7. The number of hydrogen-bond donors (Lipinski definition) is 5. The van der Waals surface area contributed by atoms with E-state index in [1.165, 1.54) is 35.4 Å². The summed E-state index contributed by atoms with van der Waals surface area (Å²) in [4.78, 5) is 83.8. The van der Waals surface area contributed by atoms with Gasteiger partial charge in [0.05, 0.1) is 71.1 Å². The largest absolute Gasteiger partial charge is 1.00 e. The Morgan fingerprint density at radius 2 is 0.810 bits per heavy atom. The Bertz CT molecular complexity index is 5000. The average molecular weight is 1820 g/mol. The number of rotatable bonds is 22. The van der Waals surface area contributed by atoms with Gasteiger partial charge in [0.25, 0.3) is 24.2 Å². The maximum absolute atomic E-state index is 12.8. The first-order valence-electron chi connectivity index (χ1n) is 35.4. The molecule has 121 heavy (non-hydrogen) atoms. The molecular formula is C89H86BCl6K2N7NaO15. The summed E-state index contributed by atoms with van der Waals surface area (Å²) < 4.78 is 29.1. The number of aryl methyl sites for hydroxylation is 4. The van der Waals surface area contributed by atoms with Crippen molar-refractivity contribution in [3.05, 3.63) is 352 Å². The molecule has 0 saturated carbocycles. The van der Waals surface area contributed by atoms with Crippen LogP contribution in [0.15, 0.2) is 256 Å². The minimum absolute atomic E-state index is 0. The van der Waals surface area contributed by atoms with Gasteiger partial charge in [0, 0.05) is 93.5 Å². The number of nitrogens with one attached hydrogen (secondary N) is 3. The van der Waals surface area contributed by atoms with Gasteiger partial charge in [-0.15, -0.1) is 0 Å². The second kappa shape index (κ2) is 60.9. The smallest absolute Gasteiger partial charge is 1.00 e. The molecular weight excluding hydrogens is 1730 g/mol. The Hall–Kier alpha value is -7.59. The number of ether oxygens (including phenoxy) is 5. The van der Waals surface area contributed by atoms with Gasteiger partial charge in [-0.1, -0.05) is 132 Å². The molecule has 1 aliphatic heterocycles. The molecule has 0 unspecified atom stereocenters. The van der Waals surface area contributed by atoms with Gasteiger partial charge in [-0.2, -0.15) is 0 Å². The third-order valence-electron chi connectivity index (χ3n) is 16.4. The van der Waals surface area contributed by atoms with E-state index in [0.717, 1.165) is 66.4 Å². The number of anilines is 3. The van der Waals surface area contributed by atoms with Crippen molar-refractivity contribution in [2.45, 2.75) is 54.9 Å². The standard InChI is InChI=1S/C25H26ClN3O4.C20H17ClN2O2.C19H15ClN2O3.C8H7ClO.C8H9Cl.C7H5ClO2.CH2O3.CH4.B.2K.Na.2H/c26-20-7-8-23(32-15-12-29-10-13-31-14-11-29)19(16-20)18-33-24-6-2-1-5-22(24)25(30)28-21-4-3-9-27-17-21;1-14-8-9-16(21)11-15(14)13-25-19-7-3-2-6-18(19)20(24)23-17-5-4-10-22-12-17;20-14-7-8-17(23)13(10-14)12-25-18-6-2-1-5-16(18)19(24)22-15-4-3-9-21-11-15;1-6-2-3-8(9)4-7(6)5-10;1-6-3-4-8(9)5-7(6)2;8-6-1-2-7(10)5(3-6)4-9;2-1-4-3;;;;;;;/h1-9,16-17H,10-15,18H2,(H,28,30);2-12H,13H2,1H3,(H,23,24);1-11,23H,12H2,(H,22,24);2-5H,1H3;3-5H,1-2H3;1-4,10H;1,3H;1H4;;;;;;/q;;;;;;;;;3*+1;2*-1/p-1. The second-order valence-corrected chi connectivity index (χ2v) is 27.3. The van der Waals surface area contributed by atoms with Crippen LogP contribution in [0.3, 0.4) is 0 Å². The Kier molecular flexibility index (Phi) is 55.1. The van der Waals surface area contributed by atoms with Crippen LogP contribution >= 0.6 is 69.6 Å². The van der Waals surface area contributed by atoms with Crippen LogP contribution < -0.4 is 172 Å². The van der Waals surface area contributed by atoms with Crippen LogP contribution in [0.2, 0.25) is 30.1 Å². The minimum atomic E-state index is -0.307. The number of nitrogens with zero attached hydrogens (tertiary/aromatic N) is 4. The van der Waals surface area contributed by atoms with Crippen molar-refractivity contribution in [1.29, 1.82) is 0 Å². The third-order valence-corrected chi connectivity index (χ3v) is 17.9. The molecule has 0 atom stereocenters. The molecule has 32 heteroatoms. The predicted molar refractivity (Wildman–Crippen MR) is 465 cm³/mol. The van der Waals surface area contributed by atoms with E-state index in [1.54, 1.807) is 165 Å². The monoisotopic (exact) mass is 1810 g/mol. The van der Waals surface area contributed by atoms with E-state index in [4.69, 9.17) is 108 Å². The van der Waals surface area contributed by atoms with Crippen molar-refractivity contribution in [3.8, 4) is 34.5 Å². The summed E-state index contributed by atoms with van der Waals surface area (Å²) in [5.74, 6) is 1.33. The van der Waals surface area contributed by atoms with Crippen molar-refractivity contribution < 1.29 is 208 Å². The first-order valence-corrected chi connectivity index (χ1v) is 37.6. The van der Waals surface area contributed by atoms with E-state index in [0.29, 0.717) is 112 Å². The Labute approximate surface area is 846 Å². The number of carbonyl (C=O) groups excluding carboxylic acids is 6. The SMILES string of the molecule is C.Cc1ccc(Cl)cc1C.Cc1ccc(Cl)cc1C=O.Cc1ccc(Cl)cc1COc1ccccc1C(=O)Nc1cccnc1.O=C(Nc1cccnc1)c1ccccc1OCc1cc(Cl)ccc1O.O=C(Nc1cccnc1)c1ccccc1OCc1cc(Cl)ccc1OCCN1CCOCC1.O=CO[O-].O=Cc1cc(Cl)ccc1O.[B].[H-].[H-].[K+].[K+].[Na+]. The Balaban J connectivity index is 0.00000150. The number of aldehydes is 2. The number of aromatic nitrogens is 3. The van der Waals surface area contributed by atoms with E-state index in [9.17, 15) is 29.1 Å². The third kappa shape index (κ3) is 39.9. The number of benzene rings is 9. The molecule has 3 aromatic heterocycles. The number of aromatic hydroxyl groups is 2. The number of para-hydroxylation sites is 3. The summed E-state index contributed by atoms with van der Waals surface area (Å²) >= 11 is 35.1. The van der Waals surface area contributed by atoms with Gasteiger partial charge in [0.1, 0.15) is 67.2 Å². The Morgan fingerprint density at radius 3 is 1.21 bits per heavy atom. The number of phenols is 2. The number of hydrogen-bond acceptors (Lipinski definition) is 19. The quantitative estimate of drug-likeness (QED) is 0.0182. The normalized spacial score (nSPS) is 10.5. The fourth-order valence-corrected chi connectivity index (χ4v) is 11.3. The van der Waals surface area contributed by atoms with Crippen molar-refractivity contribution in [2.75, 3.05) is 55.4 Å². The zero-order chi connectivity index (χ0) is 83.6. The zero-order valence-electron chi connectivity index (χ0n) is 68.7. The molecule has 1 aliphatic rings. The molecule has 1 fully saturated rings. The topological polar surface area (TPSA) is 299 Å². The molecule has 3 amide bonds. The van der Waals surface area contributed by atoms with Gasteiger partial charge in [0.2, 0.25) is 0 Å². The minimum Gasteiger partial charge on any atom is -1.00 e. The molecule has 22 nitrogen and oxygen atoms in total. The predicted octanol–water partition coefficient (Wildman–Crippen LogP) is 10.6. The first-order chi connectivity index (χ1) is 56.0. The molecule has 1 saturated heterocycles. The fraction of sp³-hybridized carbons (Fsp3) is 0.157. The first kappa shape index (κ1) is 109. The van der Waals surface area contributed by atoms with Crippen LogP contribution in [0, 0.1) is 27.7 Å². The van der Waals surface area contributed by atoms with Crippen molar-refractivity contribution in [3.63, 3.8) is 0 Å². The molecule has 4 heterocycles. The van der Waals surface area contributed by atoms with Crippen molar-refractivity contribution >= 4 is 132 Å². The maximum Gasteiger partial charge on any atom is 1.00 e. The number of pyridine rings is 3. The van der Waals surface area contributed by atoms with Crippen molar-refractivity contribution in [2.24, 2.45) is 0 Å². The van der Waals surface area contributed by atoms with Gasteiger partial charge in [-0.3, -0.25) is 48.6 Å². The maximum atomic E-state index is 12.8. The van der Waals surface area contributed by atoms with Crippen LogP contribution in [-0.4, -0.2) is 115 Å². The summed E-state index contributed by atoms with van der Waals surface area (Å²) in [7, 11) is 0. The number of phenolic OH excluding ortho intramolecular Hbond substituents is 2. The van der Waals surface area contributed by atoms with Crippen LogP contribution in [-0.2, 0) is 34.2 Å². The van der Waals surface area contributed by atoms with Crippen molar-refractivity contribution in [1.82, 2.24) is 19.9 Å². The molecule has 13 rings (SSSR count). The number of carbonyl (C=O) groups is 6. The van der Waals surface area contributed by atoms with E-state index in [1.807, 2.05) is 80.6 Å². The summed E-state index contributed by atoms with van der Waals surface area (Å²) in [5, 5.41) is 39.3. The molecule has 615 valence electrons. The molecule has 12 aromatic rings. The number of morpholine rings is 1. The average Bonchev–Trinajstić information content (AvgIpc) is 0.893. The van der Waals surface area contributed by atoms with Crippen LogP contribution in [0.4, 0.5) is 17.1 Å². The van der Waals surface area contributed by atoms with Crippen LogP contribution in [0.25, 0.3) is 0 Å². The van der Waals surface area contributed by atoms with Crippen LogP contribution in [0.1, 0.15) is 101 Å². The van der Waals surface area contributed by atoms with E-state index in [2.05, 4.69) is 54.5 Å². The molecule has 0 bridgehead atoms. The van der Waals surface area contributed by atoms with Gasteiger partial charge < -0.3 is 62.8 Å².